The van der Waals surface area contributed by atoms with Crippen molar-refractivity contribution >= 4 is 5.91 Å². The molecule has 0 aromatic carbocycles. The SMILES string of the molecule is CC(C)(C)[n+]1coc(C(N)=O)c1. The molecule has 0 saturated heterocycles. The molecular formula is C8H13N2O2+. The lowest BCUT2D eigenvalue weighted by molar-refractivity contribution is -0.756. The summed E-state index contributed by atoms with van der Waals surface area (Å²) in [6.45, 7) is 6.02. The lowest BCUT2D eigenvalue weighted by Crippen LogP contribution is -2.48. The van der Waals surface area contributed by atoms with Gasteiger partial charge in [-0.1, -0.05) is 0 Å². The van der Waals surface area contributed by atoms with Crippen molar-refractivity contribution in [2.75, 3.05) is 0 Å². The minimum absolute atomic E-state index is 0.0861. The second kappa shape index (κ2) is 2.62. The minimum Gasteiger partial charge on any atom is -0.398 e. The fourth-order valence-electron chi connectivity index (χ4n) is 0.774. The third-order valence-electron chi connectivity index (χ3n) is 1.57. The van der Waals surface area contributed by atoms with Gasteiger partial charge in [-0.3, -0.25) is 4.79 Å². The molecule has 0 aliphatic rings. The van der Waals surface area contributed by atoms with Gasteiger partial charge < -0.3 is 10.2 Å². The van der Waals surface area contributed by atoms with Gasteiger partial charge >= 0.3 is 6.39 Å². The summed E-state index contributed by atoms with van der Waals surface area (Å²) in [5.74, 6) is -0.358. The van der Waals surface area contributed by atoms with Crippen LogP contribution in [0.5, 0.6) is 0 Å². The van der Waals surface area contributed by atoms with Crippen molar-refractivity contribution < 1.29 is 13.8 Å². The number of hydrogen-bond acceptors (Lipinski definition) is 2. The molecule has 12 heavy (non-hydrogen) atoms. The van der Waals surface area contributed by atoms with Crippen LogP contribution in [0.1, 0.15) is 31.3 Å². The van der Waals surface area contributed by atoms with Crippen molar-refractivity contribution in [2.24, 2.45) is 5.73 Å². The molecule has 0 radical (unpaired) electrons. The predicted octanol–water partition coefficient (Wildman–Crippen LogP) is 0.421. The van der Waals surface area contributed by atoms with Crippen LogP contribution in [0.4, 0.5) is 0 Å². The summed E-state index contributed by atoms with van der Waals surface area (Å²) in [4.78, 5) is 10.7. The molecule has 1 aromatic heterocycles. The lowest BCUT2D eigenvalue weighted by Gasteiger charge is -2.07. The molecule has 66 valence electrons. The highest BCUT2D eigenvalue weighted by molar-refractivity contribution is 5.89. The summed E-state index contributed by atoms with van der Waals surface area (Å²) in [5, 5.41) is 0. The first-order chi connectivity index (χ1) is 5.41. The zero-order valence-electron chi connectivity index (χ0n) is 7.50. The Morgan fingerprint density at radius 1 is 1.58 bits per heavy atom. The van der Waals surface area contributed by atoms with Crippen molar-refractivity contribution in [1.82, 2.24) is 0 Å². The summed E-state index contributed by atoms with van der Waals surface area (Å²) in [6.07, 6.45) is 3.09. The number of hydrogen-bond donors (Lipinski definition) is 1. The molecule has 1 aromatic rings. The summed E-state index contributed by atoms with van der Waals surface area (Å²) in [6, 6.07) is 0. The first-order valence-corrected chi connectivity index (χ1v) is 3.71. The van der Waals surface area contributed by atoms with Gasteiger partial charge in [-0.05, 0) is 0 Å². The zero-order valence-corrected chi connectivity index (χ0v) is 7.50. The molecule has 4 heteroatoms. The van der Waals surface area contributed by atoms with Crippen LogP contribution in [0.2, 0.25) is 0 Å². The van der Waals surface area contributed by atoms with Crippen LogP contribution in [0, 0.1) is 0 Å². The molecule has 1 amide bonds. The van der Waals surface area contributed by atoms with E-state index in [0.717, 1.165) is 0 Å². The van der Waals surface area contributed by atoms with E-state index < -0.39 is 5.91 Å². The monoisotopic (exact) mass is 169 g/mol. The smallest absolute Gasteiger partial charge is 0.335 e. The summed E-state index contributed by atoms with van der Waals surface area (Å²) >= 11 is 0. The third-order valence-corrected chi connectivity index (χ3v) is 1.57. The normalized spacial score (nSPS) is 11.6. The van der Waals surface area contributed by atoms with Crippen LogP contribution in [0.15, 0.2) is 17.0 Å². The van der Waals surface area contributed by atoms with Gasteiger partial charge in [0, 0.05) is 20.8 Å². The number of carbonyl (C=O) groups is 1. The molecule has 0 aliphatic carbocycles. The van der Waals surface area contributed by atoms with Crippen molar-refractivity contribution in [3.63, 3.8) is 0 Å². The van der Waals surface area contributed by atoms with Crippen LogP contribution in [0.25, 0.3) is 0 Å². The number of primary amides is 1. The first-order valence-electron chi connectivity index (χ1n) is 3.71. The molecule has 4 nitrogen and oxygen atoms in total. The number of nitrogens with zero attached hydrogens (tertiary/aromatic N) is 1. The Balaban J connectivity index is 3.00. The first kappa shape index (κ1) is 8.77. The summed E-state index contributed by atoms with van der Waals surface area (Å²) in [5.41, 5.74) is 4.94. The highest BCUT2D eigenvalue weighted by atomic mass is 16.4. The Hall–Kier alpha value is -1.32. The van der Waals surface area contributed by atoms with Gasteiger partial charge in [0.15, 0.2) is 5.54 Å². The van der Waals surface area contributed by atoms with E-state index in [1.54, 1.807) is 10.8 Å². The van der Waals surface area contributed by atoms with Crippen LogP contribution < -0.4 is 10.3 Å². The van der Waals surface area contributed by atoms with E-state index >= 15 is 0 Å². The minimum atomic E-state index is -0.544. The molecule has 2 N–H and O–H groups in total. The molecule has 0 atom stereocenters. The van der Waals surface area contributed by atoms with E-state index in [-0.39, 0.29) is 11.3 Å². The van der Waals surface area contributed by atoms with E-state index in [9.17, 15) is 4.79 Å². The molecule has 0 fully saturated rings. The van der Waals surface area contributed by atoms with E-state index in [2.05, 4.69) is 0 Å². The Kier molecular flexibility index (Phi) is 1.92. The van der Waals surface area contributed by atoms with E-state index in [1.807, 2.05) is 20.8 Å². The molecule has 0 saturated carbocycles. The maximum absolute atomic E-state index is 10.7. The quantitative estimate of drug-likeness (QED) is 0.619. The van der Waals surface area contributed by atoms with Crippen molar-refractivity contribution in [1.29, 1.82) is 0 Å². The number of rotatable bonds is 1. The van der Waals surface area contributed by atoms with Gasteiger partial charge in [0.25, 0.3) is 11.7 Å². The van der Waals surface area contributed by atoms with Crippen LogP contribution in [-0.4, -0.2) is 5.91 Å². The predicted molar refractivity (Wildman–Crippen MR) is 42.4 cm³/mol. The van der Waals surface area contributed by atoms with Crippen molar-refractivity contribution in [2.45, 2.75) is 26.3 Å². The fourth-order valence-corrected chi connectivity index (χ4v) is 0.774. The van der Waals surface area contributed by atoms with Gasteiger partial charge in [-0.2, -0.15) is 4.57 Å². The average molecular weight is 169 g/mol. The molecule has 0 unspecified atom stereocenters. The number of oxazole rings is 1. The Bertz CT molecular complexity index is 296. The maximum atomic E-state index is 10.7. The Morgan fingerprint density at radius 3 is 2.42 bits per heavy atom. The second-order valence-corrected chi connectivity index (χ2v) is 3.66. The highest BCUT2D eigenvalue weighted by Gasteiger charge is 2.25. The van der Waals surface area contributed by atoms with Gasteiger partial charge in [0.05, 0.1) is 0 Å². The number of amides is 1. The number of aromatic nitrogens is 1. The van der Waals surface area contributed by atoms with E-state index in [1.165, 1.54) is 6.39 Å². The van der Waals surface area contributed by atoms with E-state index in [0.29, 0.717) is 0 Å². The molecule has 0 aliphatic heterocycles. The van der Waals surface area contributed by atoms with Crippen molar-refractivity contribution in [3.05, 3.63) is 18.4 Å². The molecule has 0 spiro atoms. The largest absolute Gasteiger partial charge is 0.398 e. The Morgan fingerprint density at radius 2 is 2.17 bits per heavy atom. The molecule has 1 rings (SSSR count). The van der Waals surface area contributed by atoms with Crippen molar-refractivity contribution in [3.8, 4) is 0 Å². The fraction of sp³-hybridized carbons (Fsp3) is 0.500. The van der Waals surface area contributed by atoms with Crippen LogP contribution in [-0.2, 0) is 5.54 Å². The van der Waals surface area contributed by atoms with Gasteiger partial charge in [0.2, 0.25) is 6.20 Å². The van der Waals surface area contributed by atoms with Gasteiger partial charge in [-0.25, -0.2) is 0 Å². The van der Waals surface area contributed by atoms with Gasteiger partial charge in [0.1, 0.15) is 0 Å². The summed E-state index contributed by atoms with van der Waals surface area (Å²) in [7, 11) is 0. The second-order valence-electron chi connectivity index (χ2n) is 3.66. The van der Waals surface area contributed by atoms with Crippen LogP contribution >= 0.6 is 0 Å². The topological polar surface area (TPSA) is 60.1 Å². The third kappa shape index (κ3) is 1.64. The molecule has 0 bridgehead atoms. The van der Waals surface area contributed by atoms with Gasteiger partial charge in [-0.15, -0.1) is 0 Å². The van der Waals surface area contributed by atoms with E-state index in [4.69, 9.17) is 10.2 Å². The number of nitrogens with two attached hydrogens (primary N) is 1. The maximum Gasteiger partial charge on any atom is 0.335 e. The average Bonchev–Trinajstić information content (AvgIpc) is 2.30. The Labute approximate surface area is 71.0 Å². The number of carbonyl (C=O) groups excluding carboxylic acids is 1. The molecular weight excluding hydrogens is 156 g/mol. The highest BCUT2D eigenvalue weighted by Crippen LogP contribution is 2.05. The van der Waals surface area contributed by atoms with Crippen LogP contribution in [0.3, 0.4) is 0 Å². The summed E-state index contributed by atoms with van der Waals surface area (Å²) < 4.78 is 6.74. The molecule has 1 heterocycles. The zero-order chi connectivity index (χ0) is 9.35. The standard InChI is InChI=1S/C8H12N2O2/c1-8(2,3)10-4-6(7(9)11)12-5-10/h4-5H,1-3H3,(H-,9,11)/p+1. The lowest BCUT2D eigenvalue weighted by atomic mass is 10.1.